The van der Waals surface area contributed by atoms with E-state index in [1.807, 2.05) is 18.2 Å². The lowest BCUT2D eigenvalue weighted by Crippen LogP contribution is -2.38. The predicted octanol–water partition coefficient (Wildman–Crippen LogP) is 1.92. The minimum atomic E-state index is -0.354. The molecule has 0 heterocycles. The van der Waals surface area contributed by atoms with Crippen molar-refractivity contribution < 1.29 is 14.4 Å². The minimum absolute atomic E-state index is 0.104. The highest BCUT2D eigenvalue weighted by molar-refractivity contribution is 5.89. The van der Waals surface area contributed by atoms with E-state index in [1.54, 1.807) is 19.2 Å². The Hall–Kier alpha value is -1.39. The standard InChI is InChI=1S/C13H17NO3/c1-16-12-9-5-8-11(12)14-17-13(15)10-6-3-2-4-7-10/h2-4,6-7,11-12,14H,5,8-9H2,1H3/t11?,12-/m0/s1. The van der Waals surface area contributed by atoms with Crippen LogP contribution in [0.2, 0.25) is 0 Å². The monoisotopic (exact) mass is 235 g/mol. The molecule has 0 bridgehead atoms. The summed E-state index contributed by atoms with van der Waals surface area (Å²) in [6.07, 6.45) is 3.22. The fourth-order valence-electron chi connectivity index (χ4n) is 2.11. The van der Waals surface area contributed by atoms with Crippen LogP contribution in [0, 0.1) is 0 Å². The number of ether oxygens (including phenoxy) is 1. The van der Waals surface area contributed by atoms with Crippen LogP contribution >= 0.6 is 0 Å². The number of methoxy groups -OCH3 is 1. The van der Waals surface area contributed by atoms with Crippen LogP contribution < -0.4 is 5.48 Å². The predicted molar refractivity (Wildman–Crippen MR) is 63.4 cm³/mol. The first-order chi connectivity index (χ1) is 8.31. The molecule has 1 saturated carbocycles. The molecule has 0 radical (unpaired) electrons. The second-order valence-electron chi connectivity index (χ2n) is 4.18. The Kier molecular flexibility index (Phi) is 4.12. The summed E-state index contributed by atoms with van der Waals surface area (Å²) in [7, 11) is 1.68. The Bertz CT molecular complexity index is 366. The molecule has 0 aliphatic heterocycles. The van der Waals surface area contributed by atoms with Gasteiger partial charge in [0.2, 0.25) is 0 Å². The third-order valence-electron chi connectivity index (χ3n) is 3.07. The van der Waals surface area contributed by atoms with Gasteiger partial charge in [0.05, 0.1) is 17.7 Å². The zero-order chi connectivity index (χ0) is 12.1. The SMILES string of the molecule is CO[C@H]1CCCC1NOC(=O)c1ccccc1. The van der Waals surface area contributed by atoms with Crippen LogP contribution in [0.4, 0.5) is 0 Å². The summed E-state index contributed by atoms with van der Waals surface area (Å²) in [4.78, 5) is 16.7. The van der Waals surface area contributed by atoms with Crippen molar-refractivity contribution in [2.24, 2.45) is 0 Å². The van der Waals surface area contributed by atoms with Gasteiger partial charge in [-0.1, -0.05) is 18.2 Å². The highest BCUT2D eigenvalue weighted by Crippen LogP contribution is 2.21. The summed E-state index contributed by atoms with van der Waals surface area (Å²) in [5, 5.41) is 0. The number of hydrogen-bond donors (Lipinski definition) is 1. The van der Waals surface area contributed by atoms with E-state index in [-0.39, 0.29) is 18.1 Å². The lowest BCUT2D eigenvalue weighted by atomic mass is 10.2. The molecule has 1 aliphatic rings. The van der Waals surface area contributed by atoms with Gasteiger partial charge in [-0.3, -0.25) is 0 Å². The molecule has 2 atom stereocenters. The molecule has 0 saturated heterocycles. The first kappa shape index (κ1) is 12.1. The van der Waals surface area contributed by atoms with E-state index >= 15 is 0 Å². The lowest BCUT2D eigenvalue weighted by Gasteiger charge is -2.18. The molecule has 4 heteroatoms. The summed E-state index contributed by atoms with van der Waals surface area (Å²) in [6, 6.07) is 9.04. The molecule has 1 aromatic carbocycles. The fraction of sp³-hybridized carbons (Fsp3) is 0.462. The van der Waals surface area contributed by atoms with Crippen molar-refractivity contribution in [1.82, 2.24) is 5.48 Å². The quantitative estimate of drug-likeness (QED) is 0.810. The molecular formula is C13H17NO3. The van der Waals surface area contributed by atoms with Gasteiger partial charge in [0, 0.05) is 7.11 Å². The number of nitrogens with one attached hydrogen (secondary N) is 1. The number of rotatable bonds is 4. The van der Waals surface area contributed by atoms with Crippen LogP contribution in [0.1, 0.15) is 29.6 Å². The van der Waals surface area contributed by atoms with Crippen molar-refractivity contribution in [2.45, 2.75) is 31.4 Å². The summed E-state index contributed by atoms with van der Waals surface area (Å²) in [6.45, 7) is 0. The number of hydrogen-bond acceptors (Lipinski definition) is 4. The van der Waals surface area contributed by atoms with Gasteiger partial charge in [-0.15, -0.1) is 5.48 Å². The molecule has 92 valence electrons. The van der Waals surface area contributed by atoms with Gasteiger partial charge in [-0.25, -0.2) is 4.79 Å². The largest absolute Gasteiger partial charge is 0.380 e. The average molecular weight is 235 g/mol. The first-order valence-corrected chi connectivity index (χ1v) is 5.86. The van der Waals surface area contributed by atoms with E-state index in [4.69, 9.17) is 9.57 Å². The Balaban J connectivity index is 1.84. The molecular weight excluding hydrogens is 218 g/mol. The maximum Gasteiger partial charge on any atom is 0.356 e. The normalized spacial score (nSPS) is 23.6. The van der Waals surface area contributed by atoms with Gasteiger partial charge in [0.1, 0.15) is 0 Å². The van der Waals surface area contributed by atoms with E-state index < -0.39 is 0 Å². The zero-order valence-electron chi connectivity index (χ0n) is 9.89. The van der Waals surface area contributed by atoms with Crippen molar-refractivity contribution in [2.75, 3.05) is 7.11 Å². The fourth-order valence-corrected chi connectivity index (χ4v) is 2.11. The highest BCUT2D eigenvalue weighted by Gasteiger charge is 2.28. The second kappa shape index (κ2) is 5.80. The summed E-state index contributed by atoms with van der Waals surface area (Å²) < 4.78 is 5.31. The molecule has 17 heavy (non-hydrogen) atoms. The highest BCUT2D eigenvalue weighted by atomic mass is 16.7. The second-order valence-corrected chi connectivity index (χ2v) is 4.18. The van der Waals surface area contributed by atoms with Crippen molar-refractivity contribution in [1.29, 1.82) is 0 Å². The third-order valence-corrected chi connectivity index (χ3v) is 3.07. The van der Waals surface area contributed by atoms with Gasteiger partial charge in [-0.2, -0.15) is 0 Å². The number of benzene rings is 1. The molecule has 0 spiro atoms. The maximum absolute atomic E-state index is 11.7. The van der Waals surface area contributed by atoms with Crippen LogP contribution in [0.25, 0.3) is 0 Å². The van der Waals surface area contributed by atoms with Crippen LogP contribution in [0.3, 0.4) is 0 Å². The average Bonchev–Trinajstić information content (AvgIpc) is 2.84. The van der Waals surface area contributed by atoms with E-state index in [2.05, 4.69) is 5.48 Å². The van der Waals surface area contributed by atoms with Gasteiger partial charge >= 0.3 is 5.97 Å². The smallest absolute Gasteiger partial charge is 0.356 e. The Labute approximate surface area is 101 Å². The van der Waals surface area contributed by atoms with E-state index in [9.17, 15) is 4.79 Å². The molecule has 1 aliphatic carbocycles. The number of carbonyl (C=O) groups is 1. The number of hydroxylamine groups is 1. The lowest BCUT2D eigenvalue weighted by molar-refractivity contribution is -0.00914. The maximum atomic E-state index is 11.7. The minimum Gasteiger partial charge on any atom is -0.380 e. The topological polar surface area (TPSA) is 47.6 Å². The summed E-state index contributed by atoms with van der Waals surface area (Å²) in [5.74, 6) is -0.354. The van der Waals surface area contributed by atoms with Gasteiger partial charge in [0.15, 0.2) is 0 Å². The van der Waals surface area contributed by atoms with Crippen LogP contribution in [0.5, 0.6) is 0 Å². The summed E-state index contributed by atoms with van der Waals surface area (Å²) in [5.41, 5.74) is 3.35. The first-order valence-electron chi connectivity index (χ1n) is 5.86. The van der Waals surface area contributed by atoms with Crippen LogP contribution in [0.15, 0.2) is 30.3 Å². The van der Waals surface area contributed by atoms with Gasteiger partial charge < -0.3 is 9.57 Å². The molecule has 1 unspecified atom stereocenters. The van der Waals surface area contributed by atoms with Crippen molar-refractivity contribution in [3.05, 3.63) is 35.9 Å². The Morgan fingerprint density at radius 2 is 2.06 bits per heavy atom. The van der Waals surface area contributed by atoms with Crippen LogP contribution in [-0.4, -0.2) is 25.2 Å². The summed E-state index contributed by atoms with van der Waals surface area (Å²) >= 11 is 0. The molecule has 0 aromatic heterocycles. The molecule has 1 aromatic rings. The molecule has 1 N–H and O–H groups in total. The Morgan fingerprint density at radius 3 is 2.76 bits per heavy atom. The van der Waals surface area contributed by atoms with Crippen molar-refractivity contribution in [3.8, 4) is 0 Å². The Morgan fingerprint density at radius 1 is 1.29 bits per heavy atom. The van der Waals surface area contributed by atoms with Crippen molar-refractivity contribution in [3.63, 3.8) is 0 Å². The molecule has 4 nitrogen and oxygen atoms in total. The zero-order valence-corrected chi connectivity index (χ0v) is 9.89. The van der Waals surface area contributed by atoms with Gasteiger partial charge in [-0.05, 0) is 31.4 Å². The third kappa shape index (κ3) is 3.05. The molecule has 2 rings (SSSR count). The van der Waals surface area contributed by atoms with E-state index in [1.165, 1.54) is 0 Å². The molecule has 0 amide bonds. The molecule has 1 fully saturated rings. The van der Waals surface area contributed by atoms with Gasteiger partial charge in [0.25, 0.3) is 0 Å². The number of carbonyl (C=O) groups excluding carboxylic acids is 1. The van der Waals surface area contributed by atoms with E-state index in [0.717, 1.165) is 19.3 Å². The van der Waals surface area contributed by atoms with Crippen molar-refractivity contribution >= 4 is 5.97 Å². The van der Waals surface area contributed by atoms with Crippen LogP contribution in [-0.2, 0) is 9.57 Å². The van der Waals surface area contributed by atoms with E-state index in [0.29, 0.717) is 5.56 Å².